The summed E-state index contributed by atoms with van der Waals surface area (Å²) >= 11 is 0. The normalized spacial score (nSPS) is 11.8. The number of aromatic nitrogens is 3. The van der Waals surface area contributed by atoms with Gasteiger partial charge in [0.05, 0.1) is 23.5 Å². The van der Waals surface area contributed by atoms with Crippen LogP contribution in [-0.4, -0.2) is 14.8 Å². The Morgan fingerprint density at radius 1 is 1.17 bits per heavy atom. The maximum absolute atomic E-state index is 9.19. The molecule has 0 bridgehead atoms. The molecule has 120 valence electrons. The van der Waals surface area contributed by atoms with Gasteiger partial charge < -0.3 is 5.32 Å². The minimum absolute atomic E-state index is 0.00815. The van der Waals surface area contributed by atoms with Gasteiger partial charge in [-0.15, -0.1) is 0 Å². The van der Waals surface area contributed by atoms with E-state index in [1.54, 1.807) is 18.3 Å². The minimum Gasteiger partial charge on any atom is -0.362 e. The molecule has 0 aliphatic heterocycles. The van der Waals surface area contributed by atoms with Gasteiger partial charge in [0, 0.05) is 17.5 Å². The molecular formula is C19H19N5. The van der Waals surface area contributed by atoms with E-state index in [2.05, 4.69) is 52.7 Å². The van der Waals surface area contributed by atoms with Crippen LogP contribution >= 0.6 is 0 Å². The molecule has 1 atom stereocenters. The van der Waals surface area contributed by atoms with Crippen LogP contribution in [-0.2, 0) is 0 Å². The van der Waals surface area contributed by atoms with Gasteiger partial charge >= 0.3 is 0 Å². The number of nitriles is 1. The van der Waals surface area contributed by atoms with Crippen molar-refractivity contribution in [1.82, 2.24) is 14.8 Å². The third-order valence-corrected chi connectivity index (χ3v) is 4.07. The fourth-order valence-electron chi connectivity index (χ4n) is 2.69. The molecule has 5 heteroatoms. The smallest absolute Gasteiger partial charge is 0.144 e. The standard InChI is InChI=1S/C19H19N5/c1-13-6-8-17(9-7-13)24-15(3)18(12-22-24)14(2)23-19-16(11-20)5-4-10-21-19/h4-10,12,14H,1-3H3,(H,21,23)/t14-/m1/s1. The average Bonchev–Trinajstić information content (AvgIpc) is 2.98. The molecule has 5 nitrogen and oxygen atoms in total. The third kappa shape index (κ3) is 2.99. The van der Waals surface area contributed by atoms with Gasteiger partial charge in [-0.1, -0.05) is 17.7 Å². The Bertz CT molecular complexity index is 887. The summed E-state index contributed by atoms with van der Waals surface area (Å²) in [5, 5.41) is 17.0. The molecule has 0 fully saturated rings. The molecule has 2 heterocycles. The van der Waals surface area contributed by atoms with Crippen molar-refractivity contribution in [1.29, 1.82) is 5.26 Å². The van der Waals surface area contributed by atoms with Gasteiger partial charge in [-0.05, 0) is 45.0 Å². The molecule has 1 aromatic carbocycles. The third-order valence-electron chi connectivity index (χ3n) is 4.07. The largest absolute Gasteiger partial charge is 0.362 e. The van der Waals surface area contributed by atoms with Crippen molar-refractivity contribution < 1.29 is 0 Å². The van der Waals surface area contributed by atoms with Crippen LogP contribution in [0.2, 0.25) is 0 Å². The number of nitrogens with zero attached hydrogens (tertiary/aromatic N) is 4. The summed E-state index contributed by atoms with van der Waals surface area (Å²) in [5.74, 6) is 0.593. The van der Waals surface area contributed by atoms with Gasteiger partial charge in [0.25, 0.3) is 0 Å². The first-order valence-corrected chi connectivity index (χ1v) is 7.83. The fraction of sp³-hybridized carbons (Fsp3) is 0.211. The molecular weight excluding hydrogens is 298 g/mol. The molecule has 2 aromatic heterocycles. The molecule has 0 unspecified atom stereocenters. The van der Waals surface area contributed by atoms with Crippen LogP contribution in [0.15, 0.2) is 48.8 Å². The summed E-state index contributed by atoms with van der Waals surface area (Å²) in [4.78, 5) is 4.26. The molecule has 1 N–H and O–H groups in total. The lowest BCUT2D eigenvalue weighted by molar-refractivity contribution is 0.826. The van der Waals surface area contributed by atoms with E-state index in [9.17, 15) is 5.26 Å². The van der Waals surface area contributed by atoms with Crippen molar-refractivity contribution in [3.05, 3.63) is 71.2 Å². The number of rotatable bonds is 4. The Hall–Kier alpha value is -3.13. The molecule has 0 saturated heterocycles. The van der Waals surface area contributed by atoms with Crippen LogP contribution in [0.3, 0.4) is 0 Å². The highest BCUT2D eigenvalue weighted by Gasteiger charge is 2.16. The van der Waals surface area contributed by atoms with E-state index in [0.29, 0.717) is 11.4 Å². The van der Waals surface area contributed by atoms with E-state index >= 15 is 0 Å². The average molecular weight is 317 g/mol. The molecule has 3 aromatic rings. The lowest BCUT2D eigenvalue weighted by Gasteiger charge is -2.15. The van der Waals surface area contributed by atoms with E-state index in [1.807, 2.05) is 24.7 Å². The Balaban J connectivity index is 1.88. The monoisotopic (exact) mass is 317 g/mol. The maximum atomic E-state index is 9.19. The first-order valence-electron chi connectivity index (χ1n) is 7.83. The quantitative estimate of drug-likeness (QED) is 0.791. The van der Waals surface area contributed by atoms with Crippen LogP contribution in [0, 0.1) is 25.2 Å². The zero-order chi connectivity index (χ0) is 17.1. The van der Waals surface area contributed by atoms with Crippen molar-refractivity contribution in [2.45, 2.75) is 26.8 Å². The van der Waals surface area contributed by atoms with Gasteiger partial charge in [-0.25, -0.2) is 9.67 Å². The number of benzene rings is 1. The summed E-state index contributed by atoms with van der Waals surface area (Å²) in [6.45, 7) is 6.15. The highest BCUT2D eigenvalue weighted by molar-refractivity contribution is 5.52. The van der Waals surface area contributed by atoms with Crippen molar-refractivity contribution >= 4 is 5.82 Å². The van der Waals surface area contributed by atoms with E-state index in [1.165, 1.54) is 5.56 Å². The van der Waals surface area contributed by atoms with Gasteiger partial charge in [0.1, 0.15) is 11.9 Å². The molecule has 0 radical (unpaired) electrons. The molecule has 24 heavy (non-hydrogen) atoms. The number of aryl methyl sites for hydroxylation is 1. The van der Waals surface area contributed by atoms with E-state index in [4.69, 9.17) is 0 Å². The van der Waals surface area contributed by atoms with E-state index in [-0.39, 0.29) is 6.04 Å². The SMILES string of the molecule is Cc1ccc(-n2ncc([C@@H](C)Nc3ncccc3C#N)c2C)cc1. The molecule has 0 saturated carbocycles. The van der Waals surface area contributed by atoms with Gasteiger partial charge in [0.2, 0.25) is 0 Å². The number of hydrogen-bond acceptors (Lipinski definition) is 4. The molecule has 0 spiro atoms. The van der Waals surface area contributed by atoms with Crippen LogP contribution in [0.4, 0.5) is 5.82 Å². The first kappa shape index (κ1) is 15.8. The van der Waals surface area contributed by atoms with Gasteiger partial charge in [0.15, 0.2) is 0 Å². The van der Waals surface area contributed by atoms with E-state index < -0.39 is 0 Å². The Labute approximate surface area is 141 Å². The fourth-order valence-corrected chi connectivity index (χ4v) is 2.69. The predicted molar refractivity (Wildman–Crippen MR) is 94.0 cm³/mol. The van der Waals surface area contributed by atoms with Crippen LogP contribution in [0.25, 0.3) is 5.69 Å². The number of anilines is 1. The molecule has 3 rings (SSSR count). The summed E-state index contributed by atoms with van der Waals surface area (Å²) < 4.78 is 1.93. The first-order chi connectivity index (χ1) is 11.6. The second kappa shape index (κ2) is 6.55. The predicted octanol–water partition coefficient (Wildman–Crippen LogP) is 3.93. The second-order valence-corrected chi connectivity index (χ2v) is 5.81. The van der Waals surface area contributed by atoms with Crippen molar-refractivity contribution in [2.24, 2.45) is 0 Å². The Morgan fingerprint density at radius 2 is 1.92 bits per heavy atom. The highest BCUT2D eigenvalue weighted by Crippen LogP contribution is 2.24. The summed E-state index contributed by atoms with van der Waals surface area (Å²) in [7, 11) is 0. The molecule has 0 aliphatic rings. The second-order valence-electron chi connectivity index (χ2n) is 5.81. The Morgan fingerprint density at radius 3 is 2.62 bits per heavy atom. The van der Waals surface area contributed by atoms with Crippen molar-refractivity contribution in [2.75, 3.05) is 5.32 Å². The highest BCUT2D eigenvalue weighted by atomic mass is 15.3. The molecule has 0 amide bonds. The summed E-state index contributed by atoms with van der Waals surface area (Å²) in [6, 6.07) is 13.9. The minimum atomic E-state index is -0.00815. The van der Waals surface area contributed by atoms with Crippen LogP contribution in [0.5, 0.6) is 0 Å². The lowest BCUT2D eigenvalue weighted by Crippen LogP contribution is -2.10. The van der Waals surface area contributed by atoms with Crippen molar-refractivity contribution in [3.8, 4) is 11.8 Å². The zero-order valence-electron chi connectivity index (χ0n) is 14.0. The lowest BCUT2D eigenvalue weighted by atomic mass is 10.1. The summed E-state index contributed by atoms with van der Waals surface area (Å²) in [6.07, 6.45) is 3.54. The van der Waals surface area contributed by atoms with Gasteiger partial charge in [-0.3, -0.25) is 0 Å². The van der Waals surface area contributed by atoms with Crippen LogP contribution in [0.1, 0.15) is 35.3 Å². The van der Waals surface area contributed by atoms with E-state index in [0.717, 1.165) is 16.9 Å². The van der Waals surface area contributed by atoms with Crippen molar-refractivity contribution in [3.63, 3.8) is 0 Å². The topological polar surface area (TPSA) is 66.5 Å². The van der Waals surface area contributed by atoms with Crippen LogP contribution < -0.4 is 5.32 Å². The maximum Gasteiger partial charge on any atom is 0.144 e. The zero-order valence-corrected chi connectivity index (χ0v) is 14.0. The van der Waals surface area contributed by atoms with Gasteiger partial charge in [-0.2, -0.15) is 10.4 Å². The number of nitrogens with one attached hydrogen (secondary N) is 1. The Kier molecular flexibility index (Phi) is 4.30. The number of hydrogen-bond donors (Lipinski definition) is 1. The number of pyridine rings is 1. The molecule has 0 aliphatic carbocycles. The summed E-state index contributed by atoms with van der Waals surface area (Å²) in [5.41, 5.74) is 4.93.